The molecule has 0 aliphatic carbocycles. The SMILES string of the molecule is O=Cc1ccc(C(O)c2cccnc2)s1. The Hall–Kier alpha value is -1.52. The first-order valence-corrected chi connectivity index (χ1v) is 5.26. The van der Waals surface area contributed by atoms with E-state index in [2.05, 4.69) is 4.98 Å². The van der Waals surface area contributed by atoms with Crippen LogP contribution in [0, 0.1) is 0 Å². The van der Waals surface area contributed by atoms with Crippen LogP contribution in [0.25, 0.3) is 0 Å². The molecule has 0 aromatic carbocycles. The zero-order valence-corrected chi connectivity index (χ0v) is 8.65. The van der Waals surface area contributed by atoms with Crippen LogP contribution in [0.5, 0.6) is 0 Å². The van der Waals surface area contributed by atoms with Crippen molar-refractivity contribution in [2.24, 2.45) is 0 Å². The molecule has 0 saturated heterocycles. The Balaban J connectivity index is 2.28. The lowest BCUT2D eigenvalue weighted by Gasteiger charge is -2.07. The number of aliphatic hydroxyl groups is 1. The van der Waals surface area contributed by atoms with Crippen molar-refractivity contribution < 1.29 is 9.90 Å². The molecule has 2 heterocycles. The third-order valence-corrected chi connectivity index (χ3v) is 3.10. The van der Waals surface area contributed by atoms with Crippen LogP contribution in [0.15, 0.2) is 36.7 Å². The highest BCUT2D eigenvalue weighted by Gasteiger charge is 2.12. The van der Waals surface area contributed by atoms with Crippen LogP contribution in [0.4, 0.5) is 0 Å². The van der Waals surface area contributed by atoms with Crippen molar-refractivity contribution in [3.63, 3.8) is 0 Å². The van der Waals surface area contributed by atoms with Crippen LogP contribution >= 0.6 is 11.3 Å². The zero-order chi connectivity index (χ0) is 10.7. The number of pyridine rings is 1. The molecule has 1 N–H and O–H groups in total. The fraction of sp³-hybridized carbons (Fsp3) is 0.0909. The molecule has 15 heavy (non-hydrogen) atoms. The number of aldehydes is 1. The number of hydrogen-bond donors (Lipinski definition) is 1. The van der Waals surface area contributed by atoms with Crippen molar-refractivity contribution in [2.45, 2.75) is 6.10 Å². The summed E-state index contributed by atoms with van der Waals surface area (Å²) in [5, 5.41) is 9.96. The number of hydrogen-bond acceptors (Lipinski definition) is 4. The van der Waals surface area contributed by atoms with Crippen molar-refractivity contribution in [3.8, 4) is 0 Å². The molecular weight excluding hydrogens is 210 g/mol. The van der Waals surface area contributed by atoms with Gasteiger partial charge in [-0.2, -0.15) is 0 Å². The molecule has 2 aromatic rings. The second kappa shape index (κ2) is 4.33. The second-order valence-electron chi connectivity index (χ2n) is 3.05. The Morgan fingerprint density at radius 1 is 1.40 bits per heavy atom. The lowest BCUT2D eigenvalue weighted by atomic mass is 10.1. The molecule has 1 unspecified atom stereocenters. The topological polar surface area (TPSA) is 50.2 Å². The summed E-state index contributed by atoms with van der Waals surface area (Å²) in [6.45, 7) is 0. The first-order valence-electron chi connectivity index (χ1n) is 4.44. The molecule has 0 amide bonds. The van der Waals surface area contributed by atoms with Crippen molar-refractivity contribution >= 4 is 17.6 Å². The average molecular weight is 219 g/mol. The van der Waals surface area contributed by atoms with Gasteiger partial charge in [0.2, 0.25) is 0 Å². The van der Waals surface area contributed by atoms with Crippen LogP contribution in [-0.2, 0) is 0 Å². The molecule has 4 heteroatoms. The quantitative estimate of drug-likeness (QED) is 0.804. The summed E-state index contributed by atoms with van der Waals surface area (Å²) in [5.74, 6) is 0. The largest absolute Gasteiger partial charge is 0.383 e. The predicted molar refractivity (Wildman–Crippen MR) is 58.0 cm³/mol. The van der Waals surface area contributed by atoms with Crippen LogP contribution in [0.2, 0.25) is 0 Å². The fourth-order valence-corrected chi connectivity index (χ4v) is 2.12. The number of nitrogens with zero attached hydrogens (tertiary/aromatic N) is 1. The highest BCUT2D eigenvalue weighted by molar-refractivity contribution is 7.13. The van der Waals surface area contributed by atoms with Crippen LogP contribution < -0.4 is 0 Å². The Kier molecular flexibility index (Phi) is 2.89. The van der Waals surface area contributed by atoms with Crippen LogP contribution in [0.3, 0.4) is 0 Å². The smallest absolute Gasteiger partial charge is 0.160 e. The van der Waals surface area contributed by atoms with E-state index in [4.69, 9.17) is 0 Å². The van der Waals surface area contributed by atoms with E-state index < -0.39 is 6.10 Å². The van der Waals surface area contributed by atoms with E-state index in [0.29, 0.717) is 4.88 Å². The van der Waals surface area contributed by atoms with E-state index in [-0.39, 0.29) is 0 Å². The van der Waals surface area contributed by atoms with E-state index >= 15 is 0 Å². The summed E-state index contributed by atoms with van der Waals surface area (Å²) < 4.78 is 0. The molecule has 3 nitrogen and oxygen atoms in total. The molecule has 0 radical (unpaired) electrons. The van der Waals surface area contributed by atoms with Gasteiger partial charge >= 0.3 is 0 Å². The van der Waals surface area contributed by atoms with E-state index in [1.165, 1.54) is 11.3 Å². The van der Waals surface area contributed by atoms with Gasteiger partial charge in [-0.25, -0.2) is 0 Å². The normalized spacial score (nSPS) is 12.3. The minimum absolute atomic E-state index is 0.618. The number of aromatic nitrogens is 1. The van der Waals surface area contributed by atoms with Gasteiger partial charge in [-0.3, -0.25) is 9.78 Å². The molecule has 0 spiro atoms. The molecule has 1 atom stereocenters. The molecule has 0 fully saturated rings. The predicted octanol–water partition coefficient (Wildman–Crippen LogP) is 2.04. The fourth-order valence-electron chi connectivity index (χ4n) is 1.28. The highest BCUT2D eigenvalue weighted by atomic mass is 32.1. The standard InChI is InChI=1S/C11H9NO2S/c13-7-9-3-4-10(15-9)11(14)8-2-1-5-12-6-8/h1-7,11,14H. The van der Waals surface area contributed by atoms with Gasteiger partial charge in [-0.1, -0.05) is 6.07 Å². The molecular formula is C11H9NO2S. The van der Waals surface area contributed by atoms with Crippen LogP contribution in [0.1, 0.15) is 26.2 Å². The average Bonchev–Trinajstić information content (AvgIpc) is 2.78. The van der Waals surface area contributed by atoms with Crippen molar-refractivity contribution in [2.75, 3.05) is 0 Å². The summed E-state index contributed by atoms with van der Waals surface area (Å²) in [7, 11) is 0. The van der Waals surface area contributed by atoms with Gasteiger partial charge in [0.25, 0.3) is 0 Å². The molecule has 2 rings (SSSR count). The van der Waals surface area contributed by atoms with E-state index in [1.54, 1.807) is 36.7 Å². The third kappa shape index (κ3) is 2.11. The number of carbonyl (C=O) groups excluding carboxylic acids is 1. The van der Waals surface area contributed by atoms with Gasteiger partial charge in [0, 0.05) is 22.8 Å². The van der Waals surface area contributed by atoms with Gasteiger partial charge in [-0.15, -0.1) is 11.3 Å². The maximum absolute atomic E-state index is 10.5. The summed E-state index contributed by atoms with van der Waals surface area (Å²) >= 11 is 1.29. The van der Waals surface area contributed by atoms with Crippen molar-refractivity contribution in [3.05, 3.63) is 52.0 Å². The minimum atomic E-state index is -0.697. The molecule has 0 saturated carbocycles. The maximum Gasteiger partial charge on any atom is 0.160 e. The van der Waals surface area contributed by atoms with E-state index in [9.17, 15) is 9.90 Å². The number of thiophene rings is 1. The Morgan fingerprint density at radius 3 is 2.87 bits per heavy atom. The minimum Gasteiger partial charge on any atom is -0.383 e. The van der Waals surface area contributed by atoms with Gasteiger partial charge in [0.05, 0.1) is 4.88 Å². The number of carbonyl (C=O) groups is 1. The maximum atomic E-state index is 10.5. The Bertz CT molecular complexity index is 453. The van der Waals surface area contributed by atoms with E-state index in [1.807, 2.05) is 0 Å². The molecule has 0 aliphatic rings. The number of rotatable bonds is 3. The number of aliphatic hydroxyl groups excluding tert-OH is 1. The third-order valence-electron chi connectivity index (χ3n) is 2.03. The van der Waals surface area contributed by atoms with Crippen molar-refractivity contribution in [1.82, 2.24) is 4.98 Å². The summed E-state index contributed by atoms with van der Waals surface area (Å²) in [6.07, 6.45) is 3.36. The Labute approximate surface area is 91.0 Å². The molecule has 0 aliphatic heterocycles. The zero-order valence-electron chi connectivity index (χ0n) is 7.83. The van der Waals surface area contributed by atoms with Gasteiger partial charge in [0.15, 0.2) is 6.29 Å². The first kappa shape index (κ1) is 10.0. The Morgan fingerprint density at radius 2 is 2.27 bits per heavy atom. The van der Waals surface area contributed by atoms with E-state index in [0.717, 1.165) is 16.7 Å². The van der Waals surface area contributed by atoms with Crippen LogP contribution in [-0.4, -0.2) is 16.4 Å². The van der Waals surface area contributed by atoms with Gasteiger partial charge in [-0.05, 0) is 18.2 Å². The van der Waals surface area contributed by atoms with Crippen molar-refractivity contribution in [1.29, 1.82) is 0 Å². The summed E-state index contributed by atoms with van der Waals surface area (Å²) in [5.41, 5.74) is 0.733. The second-order valence-corrected chi connectivity index (χ2v) is 4.19. The monoisotopic (exact) mass is 219 g/mol. The molecule has 0 bridgehead atoms. The highest BCUT2D eigenvalue weighted by Crippen LogP contribution is 2.27. The van der Waals surface area contributed by atoms with Gasteiger partial charge < -0.3 is 5.11 Å². The molecule has 76 valence electrons. The lowest BCUT2D eigenvalue weighted by Crippen LogP contribution is -1.96. The molecule has 2 aromatic heterocycles. The van der Waals surface area contributed by atoms with Gasteiger partial charge in [0.1, 0.15) is 6.10 Å². The summed E-state index contributed by atoms with van der Waals surface area (Å²) in [6, 6.07) is 7.03. The lowest BCUT2D eigenvalue weighted by molar-refractivity contribution is 0.112. The summed E-state index contributed by atoms with van der Waals surface area (Å²) in [4.78, 5) is 15.8. The first-order chi connectivity index (χ1) is 7.31.